The number of aromatic amines is 1. The van der Waals surface area contributed by atoms with Gasteiger partial charge < -0.3 is 24.3 Å². The number of methoxy groups -OCH3 is 3. The molecule has 28 heavy (non-hydrogen) atoms. The maximum absolute atomic E-state index is 11.8. The van der Waals surface area contributed by atoms with E-state index in [0.717, 1.165) is 22.0 Å². The SMILES string of the molecule is COc1cc(OC)c(OC)cc1CN[C@H](Cc1c[nH]c2ccccc12)C(=O)O. The molecule has 1 heterocycles. The average Bonchev–Trinajstić information content (AvgIpc) is 3.13. The zero-order chi connectivity index (χ0) is 20.1. The second-order valence-electron chi connectivity index (χ2n) is 6.35. The van der Waals surface area contributed by atoms with E-state index in [0.29, 0.717) is 30.2 Å². The van der Waals surface area contributed by atoms with Crippen LogP contribution < -0.4 is 19.5 Å². The summed E-state index contributed by atoms with van der Waals surface area (Å²) in [6, 6.07) is 10.6. The first kappa shape index (κ1) is 19.6. The molecule has 0 aliphatic rings. The molecule has 3 rings (SSSR count). The van der Waals surface area contributed by atoms with E-state index in [1.807, 2.05) is 30.5 Å². The number of carbonyl (C=O) groups is 1. The van der Waals surface area contributed by atoms with Crippen LogP contribution in [0, 0.1) is 0 Å². The maximum Gasteiger partial charge on any atom is 0.321 e. The van der Waals surface area contributed by atoms with Crippen molar-refractivity contribution in [1.82, 2.24) is 10.3 Å². The minimum Gasteiger partial charge on any atom is -0.496 e. The monoisotopic (exact) mass is 384 g/mol. The van der Waals surface area contributed by atoms with E-state index in [9.17, 15) is 9.90 Å². The highest BCUT2D eigenvalue weighted by Gasteiger charge is 2.20. The van der Waals surface area contributed by atoms with Crippen LogP contribution in [0.5, 0.6) is 17.2 Å². The molecule has 3 N–H and O–H groups in total. The van der Waals surface area contributed by atoms with Gasteiger partial charge in [0.05, 0.1) is 21.3 Å². The molecule has 1 atom stereocenters. The molecule has 1 aromatic heterocycles. The van der Waals surface area contributed by atoms with Crippen LogP contribution in [0.25, 0.3) is 10.9 Å². The Kier molecular flexibility index (Phi) is 6.06. The van der Waals surface area contributed by atoms with Gasteiger partial charge in [0.1, 0.15) is 11.8 Å². The van der Waals surface area contributed by atoms with Gasteiger partial charge in [-0.05, 0) is 17.7 Å². The van der Waals surface area contributed by atoms with Gasteiger partial charge in [0.15, 0.2) is 11.5 Å². The predicted octanol–water partition coefficient (Wildman–Crippen LogP) is 2.98. The number of ether oxygens (including phenoxy) is 3. The summed E-state index contributed by atoms with van der Waals surface area (Å²) in [6.07, 6.45) is 2.22. The number of H-pyrrole nitrogens is 1. The molecule has 2 aromatic carbocycles. The highest BCUT2D eigenvalue weighted by Crippen LogP contribution is 2.34. The van der Waals surface area contributed by atoms with Gasteiger partial charge in [-0.1, -0.05) is 18.2 Å². The van der Waals surface area contributed by atoms with Crippen LogP contribution in [0.1, 0.15) is 11.1 Å². The van der Waals surface area contributed by atoms with Crippen molar-refractivity contribution in [2.45, 2.75) is 19.0 Å². The largest absolute Gasteiger partial charge is 0.496 e. The molecule has 0 aliphatic heterocycles. The van der Waals surface area contributed by atoms with Gasteiger partial charge in [0, 0.05) is 41.7 Å². The van der Waals surface area contributed by atoms with E-state index in [4.69, 9.17) is 14.2 Å². The van der Waals surface area contributed by atoms with E-state index in [1.165, 1.54) is 0 Å². The molecule has 0 saturated heterocycles. The van der Waals surface area contributed by atoms with Gasteiger partial charge >= 0.3 is 5.97 Å². The molecule has 0 amide bonds. The van der Waals surface area contributed by atoms with E-state index in [-0.39, 0.29) is 0 Å². The molecule has 0 aliphatic carbocycles. The molecule has 0 spiro atoms. The van der Waals surface area contributed by atoms with Crippen LogP contribution >= 0.6 is 0 Å². The number of carboxylic acids is 1. The second kappa shape index (κ2) is 8.67. The highest BCUT2D eigenvalue weighted by atomic mass is 16.5. The minimum atomic E-state index is -0.912. The smallest absolute Gasteiger partial charge is 0.321 e. The predicted molar refractivity (Wildman–Crippen MR) is 106 cm³/mol. The Bertz CT molecular complexity index is 967. The second-order valence-corrected chi connectivity index (χ2v) is 6.35. The Balaban J connectivity index is 1.79. The fraction of sp³-hybridized carbons (Fsp3) is 0.286. The zero-order valence-corrected chi connectivity index (χ0v) is 16.1. The molecule has 148 valence electrons. The fourth-order valence-corrected chi connectivity index (χ4v) is 3.23. The van der Waals surface area contributed by atoms with E-state index < -0.39 is 12.0 Å². The summed E-state index contributed by atoms with van der Waals surface area (Å²) in [7, 11) is 4.67. The molecule has 3 aromatic rings. The number of carboxylic acid groups (broad SMARTS) is 1. The maximum atomic E-state index is 11.8. The van der Waals surface area contributed by atoms with Crippen molar-refractivity contribution in [1.29, 1.82) is 0 Å². The molecular weight excluding hydrogens is 360 g/mol. The number of nitrogens with one attached hydrogen (secondary N) is 2. The Hall–Kier alpha value is -3.19. The van der Waals surface area contributed by atoms with Crippen molar-refractivity contribution in [3.05, 3.63) is 53.7 Å². The highest BCUT2D eigenvalue weighted by molar-refractivity contribution is 5.84. The van der Waals surface area contributed by atoms with Gasteiger partial charge in [-0.3, -0.25) is 10.1 Å². The summed E-state index contributed by atoms with van der Waals surface area (Å²) >= 11 is 0. The molecule has 0 bridgehead atoms. The number of rotatable bonds is 9. The first-order valence-electron chi connectivity index (χ1n) is 8.87. The van der Waals surface area contributed by atoms with Crippen molar-refractivity contribution in [3.8, 4) is 17.2 Å². The third-order valence-electron chi connectivity index (χ3n) is 4.72. The lowest BCUT2D eigenvalue weighted by molar-refractivity contribution is -0.139. The summed E-state index contributed by atoms with van der Waals surface area (Å²) in [4.78, 5) is 15.0. The van der Waals surface area contributed by atoms with E-state index in [1.54, 1.807) is 33.5 Å². The van der Waals surface area contributed by atoms with Crippen molar-refractivity contribution >= 4 is 16.9 Å². The third kappa shape index (κ3) is 4.04. The van der Waals surface area contributed by atoms with Crippen LogP contribution in [0.3, 0.4) is 0 Å². The molecule has 7 nitrogen and oxygen atoms in total. The van der Waals surface area contributed by atoms with E-state index in [2.05, 4.69) is 10.3 Å². The minimum absolute atomic E-state index is 0.308. The van der Waals surface area contributed by atoms with Crippen molar-refractivity contribution in [3.63, 3.8) is 0 Å². The molecule has 7 heteroatoms. The number of benzene rings is 2. The summed E-state index contributed by atoms with van der Waals surface area (Å²) in [6.45, 7) is 0.308. The number of fused-ring (bicyclic) bond motifs is 1. The molecular formula is C21H24N2O5. The van der Waals surface area contributed by atoms with Gasteiger partial charge in [0.2, 0.25) is 0 Å². The first-order chi connectivity index (χ1) is 13.6. The molecule has 0 saturated carbocycles. The first-order valence-corrected chi connectivity index (χ1v) is 8.87. The van der Waals surface area contributed by atoms with Gasteiger partial charge in [0.25, 0.3) is 0 Å². The van der Waals surface area contributed by atoms with Gasteiger partial charge in [-0.2, -0.15) is 0 Å². The number of aromatic nitrogens is 1. The average molecular weight is 384 g/mol. The van der Waals surface area contributed by atoms with E-state index >= 15 is 0 Å². The van der Waals surface area contributed by atoms with Crippen LogP contribution in [0.4, 0.5) is 0 Å². The molecule has 0 unspecified atom stereocenters. The zero-order valence-electron chi connectivity index (χ0n) is 16.1. The van der Waals surface area contributed by atoms with Crippen LogP contribution in [-0.4, -0.2) is 43.4 Å². The normalized spacial score (nSPS) is 12.0. The van der Waals surface area contributed by atoms with Gasteiger partial charge in [-0.15, -0.1) is 0 Å². The Morgan fingerprint density at radius 1 is 1.04 bits per heavy atom. The summed E-state index contributed by atoms with van der Waals surface area (Å²) in [5, 5.41) is 13.8. The number of para-hydroxylation sites is 1. The quantitative estimate of drug-likeness (QED) is 0.525. The number of aliphatic carboxylic acids is 1. The standard InChI is InChI=1S/C21H24N2O5/c1-26-18-10-20(28-3)19(27-2)9-14(18)12-23-17(21(24)25)8-13-11-22-16-7-5-4-6-15(13)16/h4-7,9-11,17,22-23H,8,12H2,1-3H3,(H,24,25)/t17-/m1/s1. The van der Waals surface area contributed by atoms with Gasteiger partial charge in [-0.25, -0.2) is 0 Å². The third-order valence-corrected chi connectivity index (χ3v) is 4.72. The lowest BCUT2D eigenvalue weighted by Crippen LogP contribution is -2.38. The Labute approximate surface area is 163 Å². The summed E-state index contributed by atoms with van der Waals surface area (Å²) in [5.41, 5.74) is 2.73. The van der Waals surface area contributed by atoms with Crippen LogP contribution in [-0.2, 0) is 17.8 Å². The lowest BCUT2D eigenvalue weighted by Gasteiger charge is -2.17. The number of hydrogen-bond donors (Lipinski definition) is 3. The van der Waals surface area contributed by atoms with Crippen molar-refractivity contribution < 1.29 is 24.1 Å². The van der Waals surface area contributed by atoms with Crippen molar-refractivity contribution in [2.75, 3.05) is 21.3 Å². The summed E-state index contributed by atoms with van der Waals surface area (Å²) in [5.74, 6) is 0.798. The lowest BCUT2D eigenvalue weighted by atomic mass is 10.0. The fourth-order valence-electron chi connectivity index (χ4n) is 3.23. The molecule has 0 fully saturated rings. The van der Waals surface area contributed by atoms with Crippen molar-refractivity contribution in [2.24, 2.45) is 0 Å². The summed E-state index contributed by atoms with van der Waals surface area (Å²) < 4.78 is 16.0. The molecule has 0 radical (unpaired) electrons. The topological polar surface area (TPSA) is 92.8 Å². The van der Waals surface area contributed by atoms with Crippen LogP contribution in [0.15, 0.2) is 42.6 Å². The van der Waals surface area contributed by atoms with Crippen LogP contribution in [0.2, 0.25) is 0 Å². The number of hydrogen-bond acceptors (Lipinski definition) is 5. The Morgan fingerprint density at radius 3 is 2.39 bits per heavy atom. The Morgan fingerprint density at radius 2 is 1.71 bits per heavy atom.